The lowest BCUT2D eigenvalue weighted by molar-refractivity contribution is -0.140. The second-order valence-corrected chi connectivity index (χ2v) is 8.46. The minimum Gasteiger partial charge on any atom is -0.356 e. The van der Waals surface area contributed by atoms with Crippen LogP contribution >= 0.6 is 24.0 Å². The first-order valence-electron chi connectivity index (χ1n) is 10.5. The van der Waals surface area contributed by atoms with Crippen LogP contribution < -0.4 is 10.6 Å². The number of guanidine groups is 1. The van der Waals surface area contributed by atoms with Crippen LogP contribution in [0.3, 0.4) is 0 Å². The predicted octanol–water partition coefficient (Wildman–Crippen LogP) is 2.78. The lowest BCUT2D eigenvalue weighted by Crippen LogP contribution is -2.39. The van der Waals surface area contributed by atoms with Crippen molar-refractivity contribution in [3.05, 3.63) is 47.0 Å². The van der Waals surface area contributed by atoms with Gasteiger partial charge in [0.1, 0.15) is 0 Å². The molecule has 2 fully saturated rings. The zero-order valence-electron chi connectivity index (χ0n) is 17.9. The number of nitrogens with one attached hydrogen (secondary N) is 2. The summed E-state index contributed by atoms with van der Waals surface area (Å²) >= 11 is 0. The highest BCUT2D eigenvalue weighted by molar-refractivity contribution is 14.0. The number of hydrogen-bond acceptors (Lipinski definition) is 3. The van der Waals surface area contributed by atoms with Crippen LogP contribution in [0, 0.1) is 37.5 Å². The molecule has 0 spiro atoms. The summed E-state index contributed by atoms with van der Waals surface area (Å²) in [4.78, 5) is 31.2. The molecule has 0 radical (unpaired) electrons. The molecule has 1 aromatic rings. The normalized spacial score (nSPS) is 26.8. The third-order valence-electron chi connectivity index (χ3n) is 6.58. The summed E-state index contributed by atoms with van der Waals surface area (Å²) in [5.41, 5.74) is 3.75. The summed E-state index contributed by atoms with van der Waals surface area (Å²) in [5, 5.41) is 6.61. The predicted molar refractivity (Wildman–Crippen MR) is 129 cm³/mol. The Balaban J connectivity index is 0.00000256. The summed E-state index contributed by atoms with van der Waals surface area (Å²) in [5.74, 6) is 1.15. The Kier molecular flexibility index (Phi) is 7.21. The van der Waals surface area contributed by atoms with Crippen LogP contribution in [0.5, 0.6) is 0 Å². The van der Waals surface area contributed by atoms with Gasteiger partial charge in [-0.2, -0.15) is 0 Å². The minimum atomic E-state index is -0.0994. The van der Waals surface area contributed by atoms with E-state index in [0.29, 0.717) is 26.1 Å². The van der Waals surface area contributed by atoms with Gasteiger partial charge in [-0.25, -0.2) is 0 Å². The van der Waals surface area contributed by atoms with Crippen molar-refractivity contribution in [2.75, 3.05) is 20.1 Å². The van der Waals surface area contributed by atoms with Crippen molar-refractivity contribution in [3.63, 3.8) is 0 Å². The summed E-state index contributed by atoms with van der Waals surface area (Å²) < 4.78 is 0. The molecule has 1 aliphatic heterocycles. The maximum Gasteiger partial charge on any atom is 0.233 e. The van der Waals surface area contributed by atoms with Gasteiger partial charge in [0, 0.05) is 26.7 Å². The maximum atomic E-state index is 12.7. The van der Waals surface area contributed by atoms with Gasteiger partial charge in [-0.1, -0.05) is 35.9 Å². The van der Waals surface area contributed by atoms with Crippen molar-refractivity contribution in [2.24, 2.45) is 28.7 Å². The first-order valence-corrected chi connectivity index (χ1v) is 10.5. The second kappa shape index (κ2) is 9.49. The van der Waals surface area contributed by atoms with Gasteiger partial charge in [-0.05, 0) is 49.7 Å². The lowest BCUT2D eigenvalue weighted by atomic mass is 9.85. The molecule has 30 heavy (non-hydrogen) atoms. The van der Waals surface area contributed by atoms with E-state index < -0.39 is 0 Å². The van der Waals surface area contributed by atoms with E-state index in [0.717, 1.165) is 12.4 Å². The molecule has 162 valence electrons. The SMILES string of the molecule is CN=C(NCCCN1C(=O)C2C3C=CC(C3)C2C1=O)NCc1ccc(C)cc1C.I. The quantitative estimate of drug-likeness (QED) is 0.151. The number of carbonyl (C=O) groups excluding carboxylic acids is 2. The van der Waals surface area contributed by atoms with Crippen molar-refractivity contribution in [2.45, 2.75) is 33.2 Å². The van der Waals surface area contributed by atoms with Crippen LogP contribution in [0.25, 0.3) is 0 Å². The first-order chi connectivity index (χ1) is 14.0. The fourth-order valence-corrected chi connectivity index (χ4v) is 5.07. The van der Waals surface area contributed by atoms with Crippen molar-refractivity contribution in [3.8, 4) is 0 Å². The standard InChI is InChI=1S/C23H30N4O2.HI/c1-14-5-6-18(15(2)11-14)13-26-23(24-3)25-9-4-10-27-21(28)19-16-7-8-17(12-16)20(19)22(27)29;/h5-8,11,16-17,19-20H,4,9-10,12-13H2,1-3H3,(H2,24,25,26);1H. The van der Waals surface area contributed by atoms with Crippen LogP contribution in [0.1, 0.15) is 29.5 Å². The molecular weight excluding hydrogens is 491 g/mol. The Hall–Kier alpha value is -1.90. The van der Waals surface area contributed by atoms with Crippen LogP contribution in [0.4, 0.5) is 0 Å². The molecule has 1 saturated heterocycles. The average molecular weight is 522 g/mol. The van der Waals surface area contributed by atoms with Crippen LogP contribution in [-0.4, -0.2) is 42.8 Å². The highest BCUT2D eigenvalue weighted by atomic mass is 127. The topological polar surface area (TPSA) is 73.8 Å². The molecule has 1 aromatic carbocycles. The van der Waals surface area contributed by atoms with Gasteiger partial charge in [-0.3, -0.25) is 19.5 Å². The van der Waals surface area contributed by atoms with Gasteiger partial charge >= 0.3 is 0 Å². The number of imide groups is 1. The number of aryl methyl sites for hydroxylation is 2. The molecule has 1 heterocycles. The molecule has 2 bridgehead atoms. The van der Waals surface area contributed by atoms with E-state index in [-0.39, 0.29) is 59.5 Å². The largest absolute Gasteiger partial charge is 0.356 e. The summed E-state index contributed by atoms with van der Waals surface area (Å²) in [6.45, 7) is 6.04. The Morgan fingerprint density at radius 1 is 1.10 bits per heavy atom. The van der Waals surface area contributed by atoms with E-state index in [2.05, 4.69) is 59.8 Å². The Bertz CT molecular complexity index is 852. The molecule has 3 aliphatic rings. The number of rotatable bonds is 6. The van der Waals surface area contributed by atoms with Crippen LogP contribution in [-0.2, 0) is 16.1 Å². The minimum absolute atomic E-state index is 0. The highest BCUT2D eigenvalue weighted by Crippen LogP contribution is 2.52. The molecule has 4 unspecified atom stereocenters. The summed E-state index contributed by atoms with van der Waals surface area (Å²) in [6.07, 6.45) is 5.95. The molecule has 4 atom stereocenters. The maximum absolute atomic E-state index is 12.7. The van der Waals surface area contributed by atoms with E-state index in [9.17, 15) is 9.59 Å². The third-order valence-corrected chi connectivity index (χ3v) is 6.58. The summed E-state index contributed by atoms with van der Waals surface area (Å²) in [7, 11) is 1.74. The number of likely N-dealkylation sites (tertiary alicyclic amines) is 1. The van der Waals surface area contributed by atoms with Crippen molar-refractivity contribution >= 4 is 41.8 Å². The smallest absolute Gasteiger partial charge is 0.233 e. The molecule has 1 saturated carbocycles. The fourth-order valence-electron chi connectivity index (χ4n) is 5.07. The van der Waals surface area contributed by atoms with Crippen LogP contribution in [0.15, 0.2) is 35.3 Å². The highest BCUT2D eigenvalue weighted by Gasteiger charge is 2.58. The molecule has 0 aromatic heterocycles. The van der Waals surface area contributed by atoms with E-state index >= 15 is 0 Å². The molecule has 2 aliphatic carbocycles. The van der Waals surface area contributed by atoms with Gasteiger partial charge < -0.3 is 10.6 Å². The number of allylic oxidation sites excluding steroid dienone is 2. The Morgan fingerprint density at radius 2 is 1.77 bits per heavy atom. The van der Waals surface area contributed by atoms with Crippen molar-refractivity contribution < 1.29 is 9.59 Å². The molecular formula is C23H31IN4O2. The van der Waals surface area contributed by atoms with Crippen molar-refractivity contribution in [1.82, 2.24) is 15.5 Å². The Labute approximate surface area is 195 Å². The molecule has 2 N–H and O–H groups in total. The van der Waals surface area contributed by atoms with Gasteiger partial charge in [0.25, 0.3) is 0 Å². The first kappa shape index (κ1) is 22.8. The van der Waals surface area contributed by atoms with Crippen LogP contribution in [0.2, 0.25) is 0 Å². The number of halogens is 1. The molecule has 7 heteroatoms. The number of aliphatic imine (C=N–C) groups is 1. The average Bonchev–Trinajstić information content (AvgIpc) is 3.38. The number of nitrogens with zero attached hydrogens (tertiary/aromatic N) is 2. The lowest BCUT2D eigenvalue weighted by Gasteiger charge is -2.18. The fraction of sp³-hybridized carbons (Fsp3) is 0.522. The third kappa shape index (κ3) is 4.26. The summed E-state index contributed by atoms with van der Waals surface area (Å²) in [6, 6.07) is 6.42. The molecule has 4 rings (SSSR count). The van der Waals surface area contributed by atoms with Crippen molar-refractivity contribution in [1.29, 1.82) is 0 Å². The number of fused-ring (bicyclic) bond motifs is 5. The zero-order chi connectivity index (χ0) is 20.5. The number of benzene rings is 1. The van der Waals surface area contributed by atoms with Gasteiger partial charge in [0.05, 0.1) is 11.8 Å². The number of carbonyl (C=O) groups is 2. The molecule has 2 amide bonds. The number of amides is 2. The van der Waals surface area contributed by atoms with E-state index in [1.165, 1.54) is 21.6 Å². The second-order valence-electron chi connectivity index (χ2n) is 8.46. The van der Waals surface area contributed by atoms with Gasteiger partial charge in [0.15, 0.2) is 5.96 Å². The Morgan fingerprint density at radius 3 is 2.37 bits per heavy atom. The van der Waals surface area contributed by atoms with E-state index in [1.807, 2.05) is 0 Å². The monoisotopic (exact) mass is 522 g/mol. The molecule has 6 nitrogen and oxygen atoms in total. The zero-order valence-corrected chi connectivity index (χ0v) is 20.2. The van der Waals surface area contributed by atoms with Gasteiger partial charge in [-0.15, -0.1) is 24.0 Å². The number of hydrogen-bond donors (Lipinski definition) is 2. The van der Waals surface area contributed by atoms with E-state index in [1.54, 1.807) is 7.05 Å². The van der Waals surface area contributed by atoms with Gasteiger partial charge in [0.2, 0.25) is 11.8 Å². The van der Waals surface area contributed by atoms with E-state index in [4.69, 9.17) is 0 Å².